The molecule has 0 bridgehead atoms. The van der Waals surface area contributed by atoms with E-state index in [4.69, 9.17) is 5.73 Å². The lowest BCUT2D eigenvalue weighted by atomic mass is 9.73. The first kappa shape index (κ1) is 16.3. The van der Waals surface area contributed by atoms with E-state index in [1.165, 1.54) is 45.1 Å². The average molecular weight is 281 g/mol. The van der Waals surface area contributed by atoms with Gasteiger partial charge in [0.1, 0.15) is 0 Å². The van der Waals surface area contributed by atoms with E-state index in [0.29, 0.717) is 0 Å². The van der Waals surface area contributed by atoms with Crippen molar-refractivity contribution >= 4 is 0 Å². The summed E-state index contributed by atoms with van der Waals surface area (Å²) in [5, 5.41) is 0. The Morgan fingerprint density at radius 2 is 1.85 bits per heavy atom. The maximum absolute atomic E-state index is 6.11. The van der Waals surface area contributed by atoms with Gasteiger partial charge in [0, 0.05) is 18.6 Å². The van der Waals surface area contributed by atoms with Gasteiger partial charge in [-0.2, -0.15) is 0 Å². The molecule has 2 fully saturated rings. The largest absolute Gasteiger partial charge is 0.330 e. The summed E-state index contributed by atoms with van der Waals surface area (Å²) in [6, 6.07) is 1.50. The zero-order chi connectivity index (χ0) is 14.7. The molecule has 1 heterocycles. The first-order valence-electron chi connectivity index (χ1n) is 9.02. The SMILES string of the molecule is CCCC1CCC(CN)C(N2CC(C)CC(C)C2C)C1. The highest BCUT2D eigenvalue weighted by Gasteiger charge is 2.39. The van der Waals surface area contributed by atoms with Gasteiger partial charge in [-0.05, 0) is 56.4 Å². The van der Waals surface area contributed by atoms with E-state index in [9.17, 15) is 0 Å². The van der Waals surface area contributed by atoms with Crippen molar-refractivity contribution in [2.45, 2.75) is 78.3 Å². The van der Waals surface area contributed by atoms with E-state index in [-0.39, 0.29) is 0 Å². The Kier molecular flexibility index (Phi) is 5.92. The molecule has 20 heavy (non-hydrogen) atoms. The van der Waals surface area contributed by atoms with Gasteiger partial charge in [-0.1, -0.05) is 40.0 Å². The van der Waals surface area contributed by atoms with Crippen molar-refractivity contribution in [2.75, 3.05) is 13.1 Å². The van der Waals surface area contributed by atoms with Crippen molar-refractivity contribution in [2.24, 2.45) is 29.4 Å². The molecule has 0 aromatic heterocycles. The monoisotopic (exact) mass is 280 g/mol. The molecule has 0 spiro atoms. The van der Waals surface area contributed by atoms with Crippen molar-refractivity contribution in [3.05, 3.63) is 0 Å². The number of nitrogens with two attached hydrogens (primary N) is 1. The summed E-state index contributed by atoms with van der Waals surface area (Å²) in [4.78, 5) is 2.85. The van der Waals surface area contributed by atoms with Crippen LogP contribution in [0.25, 0.3) is 0 Å². The van der Waals surface area contributed by atoms with Crippen LogP contribution in [0.4, 0.5) is 0 Å². The van der Waals surface area contributed by atoms with Gasteiger partial charge in [-0.3, -0.25) is 4.90 Å². The molecule has 2 nitrogen and oxygen atoms in total. The zero-order valence-electron chi connectivity index (χ0n) is 14.1. The molecule has 0 radical (unpaired) electrons. The molecule has 1 aliphatic heterocycles. The van der Waals surface area contributed by atoms with Crippen LogP contribution in [-0.4, -0.2) is 30.1 Å². The lowest BCUT2D eigenvalue weighted by Gasteiger charge is -2.50. The Morgan fingerprint density at radius 1 is 1.10 bits per heavy atom. The van der Waals surface area contributed by atoms with Gasteiger partial charge >= 0.3 is 0 Å². The smallest absolute Gasteiger partial charge is 0.0141 e. The lowest BCUT2D eigenvalue weighted by molar-refractivity contribution is -0.00905. The molecule has 1 saturated carbocycles. The summed E-state index contributed by atoms with van der Waals surface area (Å²) in [7, 11) is 0. The summed E-state index contributed by atoms with van der Waals surface area (Å²) < 4.78 is 0. The van der Waals surface area contributed by atoms with Gasteiger partial charge < -0.3 is 5.73 Å². The van der Waals surface area contributed by atoms with Crippen LogP contribution in [0.2, 0.25) is 0 Å². The molecule has 2 rings (SSSR count). The highest BCUT2D eigenvalue weighted by Crippen LogP contribution is 2.38. The Labute approximate surface area is 126 Å². The summed E-state index contributed by atoms with van der Waals surface area (Å²) >= 11 is 0. The van der Waals surface area contributed by atoms with Crippen molar-refractivity contribution in [3.63, 3.8) is 0 Å². The third-order valence-corrected chi connectivity index (χ3v) is 6.13. The predicted molar refractivity (Wildman–Crippen MR) is 87.7 cm³/mol. The minimum atomic E-state index is 0.739. The first-order valence-corrected chi connectivity index (χ1v) is 9.02. The fourth-order valence-corrected chi connectivity index (χ4v) is 4.84. The Morgan fingerprint density at radius 3 is 2.50 bits per heavy atom. The van der Waals surface area contributed by atoms with Crippen molar-refractivity contribution in [1.29, 1.82) is 0 Å². The van der Waals surface area contributed by atoms with Crippen LogP contribution in [0.15, 0.2) is 0 Å². The molecule has 1 saturated heterocycles. The van der Waals surface area contributed by atoms with Crippen LogP contribution in [-0.2, 0) is 0 Å². The molecule has 0 amide bonds. The van der Waals surface area contributed by atoms with Crippen molar-refractivity contribution < 1.29 is 0 Å². The molecule has 1 aliphatic carbocycles. The second-order valence-electron chi connectivity index (χ2n) is 7.79. The highest BCUT2D eigenvalue weighted by atomic mass is 15.2. The number of hydrogen-bond donors (Lipinski definition) is 1. The van der Waals surface area contributed by atoms with Crippen LogP contribution in [0, 0.1) is 23.7 Å². The quantitative estimate of drug-likeness (QED) is 0.846. The van der Waals surface area contributed by atoms with E-state index in [2.05, 4.69) is 32.6 Å². The molecule has 2 heteroatoms. The average Bonchev–Trinajstić information content (AvgIpc) is 2.43. The predicted octanol–water partition coefficient (Wildman–Crippen LogP) is 3.90. The number of piperidine rings is 1. The van der Waals surface area contributed by atoms with Crippen LogP contribution in [0.3, 0.4) is 0 Å². The number of nitrogens with zero attached hydrogens (tertiary/aromatic N) is 1. The summed E-state index contributed by atoms with van der Waals surface area (Å²) in [6.07, 6.45) is 8.33. The number of rotatable bonds is 4. The van der Waals surface area contributed by atoms with Gasteiger partial charge in [0.2, 0.25) is 0 Å². The fraction of sp³-hybridized carbons (Fsp3) is 1.00. The third kappa shape index (κ3) is 3.57. The zero-order valence-corrected chi connectivity index (χ0v) is 14.1. The van der Waals surface area contributed by atoms with Crippen LogP contribution in [0.1, 0.15) is 66.2 Å². The Balaban J connectivity index is 2.08. The van der Waals surface area contributed by atoms with Crippen LogP contribution >= 0.6 is 0 Å². The van der Waals surface area contributed by atoms with Gasteiger partial charge in [0.25, 0.3) is 0 Å². The maximum Gasteiger partial charge on any atom is 0.0141 e. The molecule has 0 aromatic carbocycles. The van der Waals surface area contributed by atoms with Gasteiger partial charge in [0.15, 0.2) is 0 Å². The van der Waals surface area contributed by atoms with Crippen molar-refractivity contribution in [1.82, 2.24) is 4.90 Å². The second kappa shape index (κ2) is 7.26. The fourth-order valence-electron chi connectivity index (χ4n) is 4.84. The van der Waals surface area contributed by atoms with E-state index < -0.39 is 0 Å². The van der Waals surface area contributed by atoms with Crippen molar-refractivity contribution in [3.8, 4) is 0 Å². The molecular weight excluding hydrogens is 244 g/mol. The summed E-state index contributed by atoms with van der Waals surface area (Å²) in [5.41, 5.74) is 6.11. The third-order valence-electron chi connectivity index (χ3n) is 6.13. The first-order chi connectivity index (χ1) is 9.56. The topological polar surface area (TPSA) is 29.3 Å². The van der Waals surface area contributed by atoms with E-state index >= 15 is 0 Å². The minimum absolute atomic E-state index is 0.739. The van der Waals surface area contributed by atoms with Gasteiger partial charge in [-0.25, -0.2) is 0 Å². The molecule has 2 N–H and O–H groups in total. The van der Waals surface area contributed by atoms with Gasteiger partial charge in [0.05, 0.1) is 0 Å². The van der Waals surface area contributed by atoms with Crippen LogP contribution in [0.5, 0.6) is 0 Å². The summed E-state index contributed by atoms with van der Waals surface area (Å²) in [6.45, 7) is 11.8. The maximum atomic E-state index is 6.11. The molecule has 118 valence electrons. The van der Waals surface area contributed by atoms with Gasteiger partial charge in [-0.15, -0.1) is 0 Å². The summed E-state index contributed by atoms with van der Waals surface area (Å²) in [5.74, 6) is 3.38. The lowest BCUT2D eigenvalue weighted by Crippen LogP contribution is -2.55. The number of likely N-dealkylation sites (tertiary alicyclic amines) is 1. The van der Waals surface area contributed by atoms with E-state index in [1.54, 1.807) is 0 Å². The van der Waals surface area contributed by atoms with Crippen LogP contribution < -0.4 is 5.73 Å². The highest BCUT2D eigenvalue weighted by molar-refractivity contribution is 4.93. The molecule has 2 aliphatic rings. The molecule has 6 unspecified atom stereocenters. The van der Waals surface area contributed by atoms with E-state index in [1.807, 2.05) is 0 Å². The molecule has 0 aromatic rings. The van der Waals surface area contributed by atoms with E-state index in [0.717, 1.165) is 42.3 Å². The molecular formula is C18H36N2. The Bertz CT molecular complexity index is 291. The molecule has 6 atom stereocenters. The number of hydrogen-bond acceptors (Lipinski definition) is 2. The second-order valence-corrected chi connectivity index (χ2v) is 7.79. The standard InChI is InChI=1S/C18H36N2/c1-5-6-16-7-8-17(11-19)18(10-16)20-12-13(2)9-14(3)15(20)4/h13-18H,5-12,19H2,1-4H3. The Hall–Kier alpha value is -0.0800. The minimum Gasteiger partial charge on any atom is -0.330 e. The normalized spacial score (nSPS) is 43.6.